The third-order valence-corrected chi connectivity index (χ3v) is 4.20. The van der Waals surface area contributed by atoms with E-state index in [4.69, 9.17) is 10.6 Å². The lowest BCUT2D eigenvalue weighted by Crippen LogP contribution is -2.32. The van der Waals surface area contributed by atoms with Gasteiger partial charge in [0.15, 0.2) is 0 Å². The van der Waals surface area contributed by atoms with Gasteiger partial charge in [0, 0.05) is 17.3 Å². The summed E-state index contributed by atoms with van der Waals surface area (Å²) in [5.74, 6) is 4.11. The van der Waals surface area contributed by atoms with Crippen molar-refractivity contribution < 1.29 is 19.4 Å². The van der Waals surface area contributed by atoms with Crippen LogP contribution < -0.4 is 16.6 Å². The van der Waals surface area contributed by atoms with Crippen molar-refractivity contribution >= 4 is 35.7 Å². The Hall–Kier alpha value is -4.04. The normalized spacial score (nSPS) is 12.0. The van der Waals surface area contributed by atoms with E-state index in [0.29, 0.717) is 22.5 Å². The second-order valence-corrected chi connectivity index (χ2v) is 6.75. The highest BCUT2D eigenvalue weighted by atomic mass is 16.5. The molecule has 0 heterocycles. The first-order chi connectivity index (χ1) is 15.3. The summed E-state index contributed by atoms with van der Waals surface area (Å²) in [5.41, 5.74) is 4.35. The number of esters is 1. The number of nitrogens with zero attached hydrogens (tertiary/aromatic N) is 3. The number of anilines is 1. The molecule has 2 aromatic carbocycles. The Bertz CT molecular complexity index is 1060. The van der Waals surface area contributed by atoms with Gasteiger partial charge in [-0.2, -0.15) is 5.26 Å². The minimum atomic E-state index is -0.908. The van der Waals surface area contributed by atoms with Crippen molar-refractivity contribution in [3.8, 4) is 6.07 Å². The summed E-state index contributed by atoms with van der Waals surface area (Å²) in [6, 6.07) is 13.4. The van der Waals surface area contributed by atoms with Gasteiger partial charge in [0.1, 0.15) is 19.2 Å². The lowest BCUT2D eigenvalue weighted by Gasteiger charge is -2.17. The fraction of sp³-hybridized carbons (Fsp3) is 0.182. The highest BCUT2D eigenvalue weighted by Gasteiger charge is 2.10. The zero-order valence-corrected chi connectivity index (χ0v) is 17.6. The molecule has 32 heavy (non-hydrogen) atoms. The fourth-order valence-corrected chi connectivity index (χ4v) is 2.43. The number of carbonyl (C=O) groups is 2. The average molecular weight is 436 g/mol. The highest BCUT2D eigenvalue weighted by molar-refractivity contribution is 6.05. The van der Waals surface area contributed by atoms with Crippen LogP contribution >= 0.6 is 0 Å². The van der Waals surface area contributed by atoms with Crippen LogP contribution in [0.4, 0.5) is 11.4 Å². The Labute approximate surface area is 185 Å². The van der Waals surface area contributed by atoms with Crippen molar-refractivity contribution in [3.63, 3.8) is 0 Å². The van der Waals surface area contributed by atoms with E-state index in [1.54, 1.807) is 50.5 Å². The van der Waals surface area contributed by atoms with Crippen molar-refractivity contribution in [3.05, 3.63) is 65.2 Å². The van der Waals surface area contributed by atoms with Gasteiger partial charge in [-0.3, -0.25) is 9.69 Å². The number of ether oxygens (including phenoxy) is 1. The Balaban J connectivity index is 2.07. The van der Waals surface area contributed by atoms with E-state index in [0.717, 1.165) is 0 Å². The number of aliphatic imine (C=N–C) groups is 1. The first-order valence-corrected chi connectivity index (χ1v) is 9.47. The summed E-state index contributed by atoms with van der Waals surface area (Å²) < 4.78 is 4.94. The molecular formula is C22H24N6O4. The molecule has 2 aromatic rings. The van der Waals surface area contributed by atoms with Gasteiger partial charge in [0.05, 0.1) is 17.3 Å². The smallest absolute Gasteiger partial charge is 0.330 e. The quantitative estimate of drug-likeness (QED) is 0.0874. The third-order valence-electron chi connectivity index (χ3n) is 4.20. The van der Waals surface area contributed by atoms with Crippen LogP contribution in [0.2, 0.25) is 0 Å². The molecule has 0 spiro atoms. The Morgan fingerprint density at radius 3 is 2.78 bits per heavy atom. The number of rotatable bonds is 9. The van der Waals surface area contributed by atoms with Crippen LogP contribution in [-0.2, 0) is 9.53 Å². The SMILES string of the molecule is CN(C)C(O)COC(=O)/C=C/c1ccc(NC(=O)c2cccc(N=CNN)c2)cc1C#N. The summed E-state index contributed by atoms with van der Waals surface area (Å²) in [4.78, 5) is 29.9. The van der Waals surface area contributed by atoms with Crippen molar-refractivity contribution in [2.45, 2.75) is 6.23 Å². The van der Waals surface area contributed by atoms with Crippen LogP contribution in [0.15, 0.2) is 53.5 Å². The van der Waals surface area contributed by atoms with Crippen molar-refractivity contribution in [1.82, 2.24) is 10.3 Å². The maximum Gasteiger partial charge on any atom is 0.330 e. The highest BCUT2D eigenvalue weighted by Crippen LogP contribution is 2.19. The number of benzene rings is 2. The summed E-state index contributed by atoms with van der Waals surface area (Å²) >= 11 is 0. The number of amides is 1. The number of aliphatic hydroxyl groups excluding tert-OH is 1. The van der Waals surface area contributed by atoms with Gasteiger partial charge in [0.25, 0.3) is 5.91 Å². The molecule has 1 unspecified atom stereocenters. The molecule has 166 valence electrons. The summed E-state index contributed by atoms with van der Waals surface area (Å²) in [6.07, 6.45) is 2.98. The monoisotopic (exact) mass is 436 g/mol. The molecule has 10 heteroatoms. The van der Waals surface area contributed by atoms with Gasteiger partial charge < -0.3 is 20.6 Å². The molecule has 1 atom stereocenters. The van der Waals surface area contributed by atoms with Crippen LogP contribution in [0.25, 0.3) is 6.08 Å². The van der Waals surface area contributed by atoms with E-state index in [-0.39, 0.29) is 18.1 Å². The molecule has 5 N–H and O–H groups in total. The molecule has 2 rings (SSSR count). The molecule has 10 nitrogen and oxygen atoms in total. The number of hydrogen-bond acceptors (Lipinski definition) is 8. The zero-order chi connectivity index (χ0) is 23.5. The Morgan fingerprint density at radius 2 is 2.09 bits per heavy atom. The standard InChI is InChI=1S/C22H24N6O4/c1-28(2)20(29)13-32-21(30)9-7-15-6-8-19(11-17(15)12-23)27-22(31)16-4-3-5-18(10-16)25-14-26-24/h3-11,14,20,29H,13,24H2,1-2H3,(H,25,26)(H,27,31)/b9-7+. The number of nitriles is 1. The molecule has 0 radical (unpaired) electrons. The molecule has 1 amide bonds. The van der Waals surface area contributed by atoms with Crippen molar-refractivity contribution in [1.29, 1.82) is 5.26 Å². The topological polar surface area (TPSA) is 153 Å². The van der Waals surface area contributed by atoms with E-state index in [1.807, 2.05) is 6.07 Å². The minimum absolute atomic E-state index is 0.179. The summed E-state index contributed by atoms with van der Waals surface area (Å²) in [5, 5.41) is 21.8. The van der Waals surface area contributed by atoms with Crippen LogP contribution in [0.5, 0.6) is 0 Å². The van der Waals surface area contributed by atoms with Gasteiger partial charge in [-0.15, -0.1) is 0 Å². The van der Waals surface area contributed by atoms with Crippen LogP contribution in [0.1, 0.15) is 21.5 Å². The molecule has 0 saturated heterocycles. The van der Waals surface area contributed by atoms with E-state index >= 15 is 0 Å². The first kappa shape index (κ1) is 24.2. The number of nitrogens with one attached hydrogen (secondary N) is 2. The number of aliphatic hydroxyl groups is 1. The van der Waals surface area contributed by atoms with Crippen LogP contribution in [0.3, 0.4) is 0 Å². The van der Waals surface area contributed by atoms with E-state index in [1.165, 1.54) is 29.5 Å². The maximum absolute atomic E-state index is 12.5. The van der Waals surface area contributed by atoms with Crippen LogP contribution in [0, 0.1) is 11.3 Å². The summed E-state index contributed by atoms with van der Waals surface area (Å²) in [6.45, 7) is -0.179. The molecule has 0 aliphatic carbocycles. The molecule has 0 saturated carbocycles. The fourth-order valence-electron chi connectivity index (χ4n) is 2.43. The van der Waals surface area contributed by atoms with E-state index in [9.17, 15) is 20.0 Å². The predicted octanol–water partition coefficient (Wildman–Crippen LogP) is 1.37. The third kappa shape index (κ3) is 7.33. The molecule has 0 aromatic heterocycles. The first-order valence-electron chi connectivity index (χ1n) is 9.47. The molecule has 0 bridgehead atoms. The van der Waals surface area contributed by atoms with E-state index in [2.05, 4.69) is 15.7 Å². The predicted molar refractivity (Wildman–Crippen MR) is 121 cm³/mol. The van der Waals surface area contributed by atoms with Gasteiger partial charge in [-0.05, 0) is 56.1 Å². The van der Waals surface area contributed by atoms with Gasteiger partial charge >= 0.3 is 5.97 Å². The zero-order valence-electron chi connectivity index (χ0n) is 17.6. The number of hydrazine groups is 1. The molecular weight excluding hydrogens is 412 g/mol. The van der Waals surface area contributed by atoms with Gasteiger partial charge in [-0.25, -0.2) is 15.6 Å². The largest absolute Gasteiger partial charge is 0.458 e. The second-order valence-electron chi connectivity index (χ2n) is 6.75. The average Bonchev–Trinajstić information content (AvgIpc) is 2.80. The Kier molecular flexibility index (Phi) is 9.06. The number of hydrogen-bond donors (Lipinski definition) is 4. The number of nitrogens with two attached hydrogens (primary N) is 1. The second kappa shape index (κ2) is 12.0. The van der Waals surface area contributed by atoms with Crippen molar-refractivity contribution in [2.24, 2.45) is 10.8 Å². The minimum Gasteiger partial charge on any atom is -0.458 e. The van der Waals surface area contributed by atoms with Gasteiger partial charge in [0.2, 0.25) is 0 Å². The molecule has 0 fully saturated rings. The van der Waals surface area contributed by atoms with Crippen molar-refractivity contribution in [2.75, 3.05) is 26.0 Å². The lowest BCUT2D eigenvalue weighted by atomic mass is 10.1. The Morgan fingerprint density at radius 1 is 1.31 bits per heavy atom. The maximum atomic E-state index is 12.5. The van der Waals surface area contributed by atoms with E-state index < -0.39 is 12.2 Å². The van der Waals surface area contributed by atoms with Gasteiger partial charge in [-0.1, -0.05) is 12.1 Å². The number of likely N-dealkylation sites (N-methyl/N-ethyl adjacent to an activating group) is 1. The summed E-state index contributed by atoms with van der Waals surface area (Å²) in [7, 11) is 3.30. The molecule has 0 aliphatic rings. The lowest BCUT2D eigenvalue weighted by molar-refractivity contribution is -0.143. The van der Waals surface area contributed by atoms with Crippen LogP contribution in [-0.4, -0.2) is 55.2 Å². The molecule has 0 aliphatic heterocycles. The number of carbonyl (C=O) groups excluding carboxylic acids is 2.